The third kappa shape index (κ3) is 1.82. The Labute approximate surface area is 81.3 Å². The van der Waals surface area contributed by atoms with E-state index in [9.17, 15) is 15.2 Å². The van der Waals surface area contributed by atoms with Gasteiger partial charge < -0.3 is 10.8 Å². The summed E-state index contributed by atoms with van der Waals surface area (Å²) in [5, 5.41) is 20.0. The molecule has 0 bridgehead atoms. The fraction of sp³-hybridized carbons (Fsp3) is 0.333. The highest BCUT2D eigenvalue weighted by atomic mass is 16.6. The SMILES string of the molecule is CCC(N)c1cccc(O)c1[N+](=O)[O-]. The maximum atomic E-state index is 10.7. The molecule has 3 N–H and O–H groups in total. The second kappa shape index (κ2) is 4.06. The molecule has 14 heavy (non-hydrogen) atoms. The third-order valence-electron chi connectivity index (χ3n) is 2.07. The molecule has 0 aliphatic carbocycles. The van der Waals surface area contributed by atoms with Crippen molar-refractivity contribution in [2.75, 3.05) is 0 Å². The maximum Gasteiger partial charge on any atom is 0.315 e. The van der Waals surface area contributed by atoms with E-state index in [4.69, 9.17) is 5.73 Å². The van der Waals surface area contributed by atoms with Gasteiger partial charge in [0.2, 0.25) is 0 Å². The monoisotopic (exact) mass is 196 g/mol. The molecule has 1 aromatic rings. The molecule has 5 heteroatoms. The van der Waals surface area contributed by atoms with Crippen LogP contribution in [0.5, 0.6) is 5.75 Å². The Hall–Kier alpha value is -1.62. The maximum absolute atomic E-state index is 10.7. The van der Waals surface area contributed by atoms with E-state index in [0.717, 1.165) is 0 Å². The Morgan fingerprint density at radius 2 is 2.29 bits per heavy atom. The van der Waals surface area contributed by atoms with Gasteiger partial charge in [0.25, 0.3) is 0 Å². The molecule has 0 saturated carbocycles. The van der Waals surface area contributed by atoms with E-state index in [1.165, 1.54) is 6.07 Å². The highest BCUT2D eigenvalue weighted by Gasteiger charge is 2.22. The average molecular weight is 196 g/mol. The first-order chi connectivity index (χ1) is 6.57. The predicted molar refractivity (Wildman–Crippen MR) is 52.0 cm³/mol. The lowest BCUT2D eigenvalue weighted by molar-refractivity contribution is -0.386. The van der Waals surface area contributed by atoms with E-state index < -0.39 is 11.0 Å². The molecular formula is C9H12N2O3. The molecular weight excluding hydrogens is 184 g/mol. The number of para-hydroxylation sites is 1. The molecule has 0 radical (unpaired) electrons. The normalized spacial score (nSPS) is 12.4. The van der Waals surface area contributed by atoms with Crippen molar-refractivity contribution in [2.24, 2.45) is 5.73 Å². The largest absolute Gasteiger partial charge is 0.502 e. The van der Waals surface area contributed by atoms with Crippen molar-refractivity contribution < 1.29 is 10.0 Å². The van der Waals surface area contributed by atoms with Crippen molar-refractivity contribution in [3.05, 3.63) is 33.9 Å². The van der Waals surface area contributed by atoms with Crippen molar-refractivity contribution in [1.29, 1.82) is 0 Å². The van der Waals surface area contributed by atoms with Gasteiger partial charge in [-0.15, -0.1) is 0 Å². The van der Waals surface area contributed by atoms with Crippen LogP contribution in [0.4, 0.5) is 5.69 Å². The van der Waals surface area contributed by atoms with Gasteiger partial charge in [0, 0.05) is 6.04 Å². The van der Waals surface area contributed by atoms with Gasteiger partial charge in [-0.05, 0) is 12.5 Å². The number of nitro benzene ring substituents is 1. The molecule has 0 heterocycles. The summed E-state index contributed by atoms with van der Waals surface area (Å²) >= 11 is 0. The molecule has 0 aliphatic rings. The standard InChI is InChI=1S/C9H12N2O3/c1-2-7(10)6-4-3-5-8(12)9(6)11(13)14/h3-5,7,12H,2,10H2,1H3. The van der Waals surface area contributed by atoms with Crippen LogP contribution in [0.15, 0.2) is 18.2 Å². The number of phenols is 1. The summed E-state index contributed by atoms with van der Waals surface area (Å²) in [6, 6.07) is 3.98. The predicted octanol–water partition coefficient (Wildman–Crippen LogP) is 1.71. The van der Waals surface area contributed by atoms with Crippen LogP contribution in [0.2, 0.25) is 0 Å². The minimum Gasteiger partial charge on any atom is -0.502 e. The first-order valence-corrected chi connectivity index (χ1v) is 4.29. The van der Waals surface area contributed by atoms with Crippen molar-refractivity contribution in [3.8, 4) is 5.75 Å². The zero-order chi connectivity index (χ0) is 10.7. The number of aromatic hydroxyl groups is 1. The molecule has 0 amide bonds. The lowest BCUT2D eigenvalue weighted by Crippen LogP contribution is -2.11. The first-order valence-electron chi connectivity index (χ1n) is 4.29. The van der Waals surface area contributed by atoms with Crippen LogP contribution in [-0.4, -0.2) is 10.0 Å². The van der Waals surface area contributed by atoms with Crippen LogP contribution in [0, 0.1) is 10.1 Å². The molecule has 0 aliphatic heterocycles. The molecule has 1 unspecified atom stereocenters. The number of phenolic OH excluding ortho intramolecular Hbond substituents is 1. The smallest absolute Gasteiger partial charge is 0.315 e. The molecule has 1 aromatic carbocycles. The number of nitrogens with two attached hydrogens (primary N) is 1. The molecule has 1 atom stereocenters. The van der Waals surface area contributed by atoms with E-state index in [2.05, 4.69) is 0 Å². The molecule has 0 fully saturated rings. The summed E-state index contributed by atoms with van der Waals surface area (Å²) < 4.78 is 0. The minimum atomic E-state index is -0.611. The topological polar surface area (TPSA) is 89.4 Å². The molecule has 1 rings (SSSR count). The fourth-order valence-electron chi connectivity index (χ4n) is 1.27. The number of benzene rings is 1. The van der Waals surface area contributed by atoms with E-state index in [-0.39, 0.29) is 11.4 Å². The Kier molecular flexibility index (Phi) is 3.03. The summed E-state index contributed by atoms with van der Waals surface area (Å²) in [4.78, 5) is 10.0. The number of nitrogens with zero attached hydrogens (tertiary/aromatic N) is 1. The quantitative estimate of drug-likeness (QED) is 0.568. The number of hydrogen-bond acceptors (Lipinski definition) is 4. The van der Waals surface area contributed by atoms with Gasteiger partial charge in [-0.1, -0.05) is 19.1 Å². The molecule has 76 valence electrons. The van der Waals surface area contributed by atoms with Crippen LogP contribution in [0.25, 0.3) is 0 Å². The van der Waals surface area contributed by atoms with E-state index in [0.29, 0.717) is 12.0 Å². The van der Waals surface area contributed by atoms with Gasteiger partial charge in [0.05, 0.1) is 10.5 Å². The van der Waals surface area contributed by atoms with Gasteiger partial charge in [0.15, 0.2) is 5.75 Å². The Morgan fingerprint density at radius 1 is 1.64 bits per heavy atom. The highest BCUT2D eigenvalue weighted by molar-refractivity contribution is 5.53. The Balaban J connectivity index is 3.28. The van der Waals surface area contributed by atoms with E-state index in [1.54, 1.807) is 12.1 Å². The lowest BCUT2D eigenvalue weighted by Gasteiger charge is -2.09. The van der Waals surface area contributed by atoms with Gasteiger partial charge >= 0.3 is 5.69 Å². The number of nitro groups is 1. The Morgan fingerprint density at radius 3 is 2.79 bits per heavy atom. The van der Waals surface area contributed by atoms with Crippen molar-refractivity contribution in [2.45, 2.75) is 19.4 Å². The van der Waals surface area contributed by atoms with Gasteiger partial charge in [-0.2, -0.15) is 0 Å². The van der Waals surface area contributed by atoms with Crippen LogP contribution in [-0.2, 0) is 0 Å². The second-order valence-electron chi connectivity index (χ2n) is 2.99. The average Bonchev–Trinajstić information content (AvgIpc) is 2.15. The van der Waals surface area contributed by atoms with Crippen molar-refractivity contribution in [1.82, 2.24) is 0 Å². The third-order valence-corrected chi connectivity index (χ3v) is 2.07. The van der Waals surface area contributed by atoms with Crippen LogP contribution in [0.3, 0.4) is 0 Å². The van der Waals surface area contributed by atoms with E-state index >= 15 is 0 Å². The first kappa shape index (κ1) is 10.5. The fourth-order valence-corrected chi connectivity index (χ4v) is 1.27. The molecule has 0 aromatic heterocycles. The highest BCUT2D eigenvalue weighted by Crippen LogP contribution is 2.33. The Bertz CT molecular complexity index is 352. The van der Waals surface area contributed by atoms with Crippen molar-refractivity contribution in [3.63, 3.8) is 0 Å². The summed E-state index contributed by atoms with van der Waals surface area (Å²) in [7, 11) is 0. The summed E-state index contributed by atoms with van der Waals surface area (Å²) in [6.45, 7) is 1.83. The van der Waals surface area contributed by atoms with Gasteiger partial charge in [-0.3, -0.25) is 10.1 Å². The summed E-state index contributed by atoms with van der Waals surface area (Å²) in [6.07, 6.45) is 0.588. The van der Waals surface area contributed by atoms with E-state index in [1.807, 2.05) is 6.92 Å². The molecule has 0 saturated heterocycles. The number of rotatable bonds is 3. The zero-order valence-electron chi connectivity index (χ0n) is 7.80. The van der Waals surface area contributed by atoms with Gasteiger partial charge in [-0.25, -0.2) is 0 Å². The number of hydrogen-bond donors (Lipinski definition) is 2. The summed E-state index contributed by atoms with van der Waals surface area (Å²) in [5.41, 5.74) is 5.77. The summed E-state index contributed by atoms with van der Waals surface area (Å²) in [5.74, 6) is -0.337. The van der Waals surface area contributed by atoms with Crippen LogP contribution < -0.4 is 5.73 Å². The van der Waals surface area contributed by atoms with Gasteiger partial charge in [0.1, 0.15) is 0 Å². The zero-order valence-corrected chi connectivity index (χ0v) is 7.80. The minimum absolute atomic E-state index is 0.290. The van der Waals surface area contributed by atoms with Crippen LogP contribution >= 0.6 is 0 Å². The van der Waals surface area contributed by atoms with Crippen LogP contribution in [0.1, 0.15) is 24.9 Å². The molecule has 0 spiro atoms. The lowest BCUT2D eigenvalue weighted by atomic mass is 10.0. The van der Waals surface area contributed by atoms with Crippen molar-refractivity contribution >= 4 is 5.69 Å². The second-order valence-corrected chi connectivity index (χ2v) is 2.99. The molecule has 5 nitrogen and oxygen atoms in total.